The zero-order valence-electron chi connectivity index (χ0n) is 28.5. The number of aryl methyl sites for hydroxylation is 1. The molecule has 2 saturated heterocycles. The van der Waals surface area contributed by atoms with Gasteiger partial charge in [0.15, 0.2) is 6.23 Å². The number of amides is 1. The monoisotopic (exact) mass is 689 g/mol. The van der Waals surface area contributed by atoms with Crippen molar-refractivity contribution in [3.05, 3.63) is 164 Å². The van der Waals surface area contributed by atoms with Crippen molar-refractivity contribution in [3.8, 4) is 11.5 Å². The lowest BCUT2D eigenvalue weighted by Crippen LogP contribution is -2.53. The SMILES string of the molecule is COc1ccc(C(OC[C@@]23CN(C(=O)Cc4ccccc4)[C@@H]([C@H](n4cc(C)c(=O)[nH]c4=O)O2)[C@@H]3O)(c2ccccc2)c2ccc(OC)cc2)cc1. The summed E-state index contributed by atoms with van der Waals surface area (Å²) in [7, 11) is 3.20. The van der Waals surface area contributed by atoms with Gasteiger partial charge in [0.05, 0.1) is 33.8 Å². The number of benzene rings is 4. The Morgan fingerprint density at radius 1 is 0.863 bits per heavy atom. The Kier molecular flexibility index (Phi) is 9.11. The highest BCUT2D eigenvalue weighted by Gasteiger charge is 2.66. The highest BCUT2D eigenvalue weighted by atomic mass is 16.6. The minimum Gasteiger partial charge on any atom is -0.497 e. The molecule has 2 aliphatic heterocycles. The number of methoxy groups -OCH3 is 2. The fourth-order valence-electron chi connectivity index (χ4n) is 7.29. The van der Waals surface area contributed by atoms with Gasteiger partial charge in [-0.2, -0.15) is 0 Å². The van der Waals surface area contributed by atoms with Crippen LogP contribution in [0.5, 0.6) is 11.5 Å². The molecule has 0 spiro atoms. The molecule has 51 heavy (non-hydrogen) atoms. The van der Waals surface area contributed by atoms with Crippen LogP contribution in [-0.2, 0) is 26.3 Å². The average molecular weight is 690 g/mol. The summed E-state index contributed by atoms with van der Waals surface area (Å²) in [5.74, 6) is 1.09. The summed E-state index contributed by atoms with van der Waals surface area (Å²) < 4.78 is 26.0. The summed E-state index contributed by atoms with van der Waals surface area (Å²) in [6.45, 7) is 1.40. The van der Waals surface area contributed by atoms with Crippen LogP contribution in [0.25, 0.3) is 0 Å². The molecule has 11 heteroatoms. The van der Waals surface area contributed by atoms with E-state index < -0.39 is 40.8 Å². The van der Waals surface area contributed by atoms with E-state index in [0.29, 0.717) is 11.5 Å². The molecule has 4 atom stereocenters. The van der Waals surface area contributed by atoms with E-state index in [9.17, 15) is 19.5 Å². The van der Waals surface area contributed by atoms with Crippen LogP contribution >= 0.6 is 0 Å². The number of likely N-dealkylation sites (tertiary alicyclic amines) is 1. The highest BCUT2D eigenvalue weighted by molar-refractivity contribution is 5.80. The molecular weight excluding hydrogens is 650 g/mol. The van der Waals surface area contributed by atoms with Crippen LogP contribution in [-0.4, -0.2) is 70.6 Å². The number of H-pyrrole nitrogens is 1. The lowest BCUT2D eigenvalue weighted by Gasteiger charge is -2.41. The average Bonchev–Trinajstić information content (AvgIpc) is 3.61. The van der Waals surface area contributed by atoms with Crippen LogP contribution in [0, 0.1) is 6.92 Å². The van der Waals surface area contributed by atoms with E-state index in [1.54, 1.807) is 26.0 Å². The van der Waals surface area contributed by atoms with Crippen LogP contribution in [0.3, 0.4) is 0 Å². The lowest BCUT2D eigenvalue weighted by atomic mass is 9.79. The second-order valence-corrected chi connectivity index (χ2v) is 13.0. The van der Waals surface area contributed by atoms with Gasteiger partial charge < -0.3 is 29.0 Å². The second-order valence-electron chi connectivity index (χ2n) is 13.0. The van der Waals surface area contributed by atoms with E-state index in [0.717, 1.165) is 22.3 Å². The number of nitrogens with zero attached hydrogens (tertiary/aromatic N) is 2. The van der Waals surface area contributed by atoms with E-state index in [4.69, 9.17) is 18.9 Å². The van der Waals surface area contributed by atoms with E-state index in [1.807, 2.05) is 109 Å². The summed E-state index contributed by atoms with van der Waals surface area (Å²) in [4.78, 5) is 43.4. The number of aromatic nitrogens is 2. The molecule has 262 valence electrons. The van der Waals surface area contributed by atoms with Crippen LogP contribution in [0.4, 0.5) is 0 Å². The predicted molar refractivity (Wildman–Crippen MR) is 189 cm³/mol. The molecule has 2 aliphatic rings. The Hall–Kier alpha value is -5.49. The molecule has 11 nitrogen and oxygen atoms in total. The van der Waals surface area contributed by atoms with Gasteiger partial charge in [0.2, 0.25) is 5.91 Å². The van der Waals surface area contributed by atoms with E-state index in [1.165, 1.54) is 10.8 Å². The summed E-state index contributed by atoms with van der Waals surface area (Å²) in [6.07, 6.45) is -0.870. The third-order valence-electron chi connectivity index (χ3n) is 9.95. The number of aliphatic hydroxyl groups excluding tert-OH is 1. The number of rotatable bonds is 11. The molecule has 4 aromatic carbocycles. The number of carbonyl (C=O) groups excluding carboxylic acids is 1. The second kappa shape index (κ2) is 13.7. The quantitative estimate of drug-likeness (QED) is 0.200. The Morgan fingerprint density at radius 3 is 1.98 bits per heavy atom. The topological polar surface area (TPSA) is 132 Å². The van der Waals surface area contributed by atoms with Gasteiger partial charge in [-0.15, -0.1) is 0 Å². The summed E-state index contributed by atoms with van der Waals surface area (Å²) in [5.41, 5.74) is -0.481. The van der Waals surface area contributed by atoms with Crippen LogP contribution in [0.2, 0.25) is 0 Å². The van der Waals surface area contributed by atoms with Crippen molar-refractivity contribution < 1.29 is 28.8 Å². The zero-order chi connectivity index (χ0) is 35.8. The minimum absolute atomic E-state index is 0.00812. The smallest absolute Gasteiger partial charge is 0.330 e. The molecule has 1 aromatic heterocycles. The number of morpholine rings is 1. The number of hydrogen-bond acceptors (Lipinski definition) is 8. The van der Waals surface area contributed by atoms with Gasteiger partial charge in [0.25, 0.3) is 5.56 Å². The standard InChI is InChI=1S/C40H39N3O8/c1-26-23-42(38(47)41-36(26)46)37-34-35(45)39(51-37,24-43(34)33(44)22-27-10-6-4-7-11-27)25-50-40(28-12-8-5-9-13-28,29-14-18-31(48-2)19-15-29)30-16-20-32(49-3)21-17-30/h4-21,23,34-35,37,45H,22,24-25H2,1-3H3,(H,41,46,47)/t34-,35+,37-,39-/m1/s1. The number of aromatic amines is 1. The van der Waals surface area contributed by atoms with Gasteiger partial charge in [0, 0.05) is 11.8 Å². The summed E-state index contributed by atoms with van der Waals surface area (Å²) in [5, 5.41) is 12.1. The highest BCUT2D eigenvalue weighted by Crippen LogP contribution is 2.49. The molecule has 0 unspecified atom stereocenters. The molecule has 1 amide bonds. The number of carbonyl (C=O) groups is 1. The van der Waals surface area contributed by atoms with Crippen molar-refractivity contribution in [2.24, 2.45) is 0 Å². The van der Waals surface area contributed by atoms with Gasteiger partial charge in [0.1, 0.15) is 34.8 Å². The first-order chi connectivity index (χ1) is 24.7. The van der Waals surface area contributed by atoms with Crippen molar-refractivity contribution in [1.29, 1.82) is 0 Å². The number of nitrogens with one attached hydrogen (secondary N) is 1. The van der Waals surface area contributed by atoms with E-state index >= 15 is 0 Å². The first-order valence-electron chi connectivity index (χ1n) is 16.7. The number of hydrogen-bond donors (Lipinski definition) is 2. The van der Waals surface area contributed by atoms with Gasteiger partial charge in [-0.1, -0.05) is 84.9 Å². The Labute approximate surface area is 294 Å². The van der Waals surface area contributed by atoms with Crippen LogP contribution in [0.1, 0.15) is 34.0 Å². The fraction of sp³-hybridized carbons (Fsp3) is 0.275. The molecule has 7 rings (SSSR count). The Bertz CT molecular complexity index is 2070. The van der Waals surface area contributed by atoms with Crippen LogP contribution < -0.4 is 20.7 Å². The molecule has 0 aliphatic carbocycles. The molecule has 0 saturated carbocycles. The largest absolute Gasteiger partial charge is 0.497 e. The first-order valence-corrected chi connectivity index (χ1v) is 16.7. The van der Waals surface area contributed by atoms with E-state index in [-0.39, 0.29) is 31.0 Å². The number of ether oxygens (including phenoxy) is 4. The molecule has 3 heterocycles. The maximum absolute atomic E-state index is 14.0. The van der Waals surface area contributed by atoms with Crippen molar-refractivity contribution in [3.63, 3.8) is 0 Å². The van der Waals surface area contributed by atoms with Crippen molar-refractivity contribution >= 4 is 5.91 Å². The van der Waals surface area contributed by atoms with Crippen molar-refractivity contribution in [2.45, 2.75) is 42.9 Å². The molecule has 2 fully saturated rings. The van der Waals surface area contributed by atoms with Gasteiger partial charge in [-0.25, -0.2) is 4.79 Å². The first kappa shape index (κ1) is 34.0. The van der Waals surface area contributed by atoms with Crippen molar-refractivity contribution in [2.75, 3.05) is 27.4 Å². The third-order valence-corrected chi connectivity index (χ3v) is 9.95. The molecule has 2 N–H and O–H groups in total. The number of aliphatic hydroxyl groups is 1. The maximum Gasteiger partial charge on any atom is 0.330 e. The maximum atomic E-state index is 14.0. The van der Waals surface area contributed by atoms with Gasteiger partial charge in [-0.3, -0.25) is 19.1 Å². The number of fused-ring (bicyclic) bond motifs is 2. The zero-order valence-corrected chi connectivity index (χ0v) is 28.5. The van der Waals surface area contributed by atoms with Crippen LogP contribution in [0.15, 0.2) is 125 Å². The molecule has 2 bridgehead atoms. The normalized spacial score (nSPS) is 21.1. The predicted octanol–water partition coefficient (Wildman–Crippen LogP) is 3.95. The van der Waals surface area contributed by atoms with Crippen molar-refractivity contribution in [1.82, 2.24) is 14.5 Å². The third kappa shape index (κ3) is 6.03. The summed E-state index contributed by atoms with van der Waals surface area (Å²) >= 11 is 0. The lowest BCUT2D eigenvalue weighted by molar-refractivity contribution is -0.183. The Morgan fingerprint density at radius 2 is 1.41 bits per heavy atom. The molecule has 5 aromatic rings. The molecule has 0 radical (unpaired) electrons. The van der Waals surface area contributed by atoms with E-state index in [2.05, 4.69) is 4.98 Å². The summed E-state index contributed by atoms with van der Waals surface area (Å²) in [6, 6.07) is 33.2. The molecular formula is C40H39N3O8. The Balaban J connectivity index is 1.34. The minimum atomic E-state index is -1.45. The van der Waals surface area contributed by atoms with Gasteiger partial charge >= 0.3 is 5.69 Å². The van der Waals surface area contributed by atoms with Gasteiger partial charge in [-0.05, 0) is 53.4 Å². The fourth-order valence-corrected chi connectivity index (χ4v) is 7.29.